The molecule has 190 valence electrons. The van der Waals surface area contributed by atoms with Crippen molar-refractivity contribution in [2.75, 3.05) is 13.2 Å². The first-order valence-electron chi connectivity index (χ1n) is 12.9. The van der Waals surface area contributed by atoms with Gasteiger partial charge in [-0.05, 0) is 63.4 Å². The summed E-state index contributed by atoms with van der Waals surface area (Å²) in [6.45, 7) is 6.19. The van der Waals surface area contributed by atoms with Crippen molar-refractivity contribution < 1.29 is 39.4 Å². The number of aliphatic hydroxyl groups is 4. The van der Waals surface area contributed by atoms with E-state index in [2.05, 4.69) is 0 Å². The highest BCUT2D eigenvalue weighted by molar-refractivity contribution is 5.85. The van der Waals surface area contributed by atoms with Crippen LogP contribution in [0.2, 0.25) is 0 Å². The highest BCUT2D eigenvalue weighted by atomic mass is 16.7. The Labute approximate surface area is 200 Å². The number of hydrogen-bond acceptors (Lipinski definition) is 8. The van der Waals surface area contributed by atoms with E-state index in [0.717, 1.165) is 12.0 Å². The summed E-state index contributed by atoms with van der Waals surface area (Å²) in [5, 5.41) is 46.9. The van der Waals surface area contributed by atoms with Crippen molar-refractivity contribution in [2.45, 2.75) is 101 Å². The minimum absolute atomic E-state index is 0.0420. The molecule has 0 aromatic heterocycles. The van der Waals surface area contributed by atoms with E-state index in [1.807, 2.05) is 20.8 Å². The third-order valence-corrected chi connectivity index (χ3v) is 10.8. The first-order valence-corrected chi connectivity index (χ1v) is 12.9. The lowest BCUT2D eigenvalue weighted by molar-refractivity contribution is -0.401. The average molecular weight is 479 g/mol. The van der Waals surface area contributed by atoms with Gasteiger partial charge in [-0.2, -0.15) is 0 Å². The fourth-order valence-electron chi connectivity index (χ4n) is 9.45. The molecule has 4 N–H and O–H groups in total. The number of carbonyl (C=O) groups excluding carboxylic acids is 1. The van der Waals surface area contributed by atoms with Gasteiger partial charge < -0.3 is 34.6 Å². The lowest BCUT2D eigenvalue weighted by Gasteiger charge is -2.70. The maximum absolute atomic E-state index is 12.4. The van der Waals surface area contributed by atoms with Gasteiger partial charge in [-0.3, -0.25) is 0 Å². The fraction of sp³-hybridized carbons (Fsp3) is 0.885. The summed E-state index contributed by atoms with van der Waals surface area (Å²) in [6.07, 6.45) is 2.81. The van der Waals surface area contributed by atoms with Gasteiger partial charge in [0.05, 0.1) is 41.5 Å². The Balaban J connectivity index is 1.43. The molecule has 8 nitrogen and oxygen atoms in total. The summed E-state index contributed by atoms with van der Waals surface area (Å²) in [5.74, 6) is -1.91. The third kappa shape index (κ3) is 2.78. The molecule has 2 heterocycles. The quantitative estimate of drug-likeness (QED) is 0.417. The Morgan fingerprint density at radius 2 is 1.82 bits per heavy atom. The van der Waals surface area contributed by atoms with Gasteiger partial charge in [0.1, 0.15) is 6.61 Å². The van der Waals surface area contributed by atoms with Gasteiger partial charge in [0.25, 0.3) is 0 Å². The molecule has 34 heavy (non-hydrogen) atoms. The molecule has 5 fully saturated rings. The van der Waals surface area contributed by atoms with Crippen molar-refractivity contribution in [1.29, 1.82) is 0 Å². The predicted molar refractivity (Wildman–Crippen MR) is 119 cm³/mol. The van der Waals surface area contributed by atoms with Crippen molar-refractivity contribution in [3.8, 4) is 0 Å². The summed E-state index contributed by atoms with van der Waals surface area (Å²) in [4.78, 5) is 11.8. The van der Waals surface area contributed by atoms with E-state index in [9.17, 15) is 25.2 Å². The van der Waals surface area contributed by atoms with Crippen LogP contribution in [0.4, 0.5) is 0 Å². The van der Waals surface area contributed by atoms with Gasteiger partial charge in [0, 0.05) is 30.3 Å². The molecule has 0 radical (unpaired) electrons. The zero-order valence-corrected chi connectivity index (χ0v) is 20.3. The van der Waals surface area contributed by atoms with Crippen LogP contribution in [0.15, 0.2) is 11.6 Å². The number of hydrogen-bond donors (Lipinski definition) is 4. The van der Waals surface area contributed by atoms with E-state index < -0.39 is 52.0 Å². The van der Waals surface area contributed by atoms with E-state index in [-0.39, 0.29) is 37.4 Å². The molecule has 2 aliphatic heterocycles. The van der Waals surface area contributed by atoms with Gasteiger partial charge in [-0.1, -0.05) is 6.92 Å². The van der Waals surface area contributed by atoms with E-state index in [1.165, 1.54) is 0 Å². The molecule has 6 aliphatic rings. The number of rotatable bonds is 1. The monoisotopic (exact) mass is 478 g/mol. The zero-order chi connectivity index (χ0) is 24.3. The van der Waals surface area contributed by atoms with E-state index in [0.29, 0.717) is 32.1 Å². The SMILES string of the molecule is CC1(C)OCC23C(CC(O)CC2(O)CCC2C3C(O)CC3(C)C(C4=CC(=O)OC4)CCC23O)O1. The normalized spacial score (nSPS) is 56.0. The van der Waals surface area contributed by atoms with Crippen molar-refractivity contribution in [3.05, 3.63) is 11.6 Å². The van der Waals surface area contributed by atoms with Crippen molar-refractivity contribution in [3.63, 3.8) is 0 Å². The van der Waals surface area contributed by atoms with Gasteiger partial charge >= 0.3 is 5.97 Å². The van der Waals surface area contributed by atoms with E-state index >= 15 is 0 Å². The maximum Gasteiger partial charge on any atom is 0.331 e. The average Bonchev–Trinajstić information content (AvgIpc) is 3.26. The molecular weight excluding hydrogens is 440 g/mol. The number of ether oxygens (including phenoxy) is 3. The van der Waals surface area contributed by atoms with Gasteiger partial charge in [0.2, 0.25) is 0 Å². The van der Waals surface area contributed by atoms with Crippen molar-refractivity contribution in [1.82, 2.24) is 0 Å². The molecule has 1 spiro atoms. The number of aliphatic hydroxyl groups excluding tert-OH is 2. The Morgan fingerprint density at radius 1 is 1.06 bits per heavy atom. The van der Waals surface area contributed by atoms with Crippen molar-refractivity contribution >= 4 is 5.97 Å². The third-order valence-electron chi connectivity index (χ3n) is 10.8. The lowest BCUT2D eigenvalue weighted by Crippen LogP contribution is -2.78. The standard InChI is InChI=1S/C26H38O8/c1-22(2)33-13-25-19(34-22)9-15(27)10-24(25,30)6-4-17-21(25)18(28)11-23(3)16(5-7-26(17,23)31)14-8-20(29)32-12-14/h8,15-19,21,27-28,30-31H,4-7,9-13H2,1-3H3. The number of fused-ring (bicyclic) bond motifs is 3. The summed E-state index contributed by atoms with van der Waals surface area (Å²) >= 11 is 0. The Bertz CT molecular complexity index is 932. The van der Waals surface area contributed by atoms with E-state index in [4.69, 9.17) is 14.2 Å². The summed E-state index contributed by atoms with van der Waals surface area (Å²) < 4.78 is 17.7. The van der Waals surface area contributed by atoms with Crippen LogP contribution in [-0.4, -0.2) is 74.9 Å². The summed E-state index contributed by atoms with van der Waals surface area (Å²) in [6, 6.07) is 0. The smallest absolute Gasteiger partial charge is 0.331 e. The van der Waals surface area contributed by atoms with Crippen LogP contribution < -0.4 is 0 Å². The molecule has 0 aromatic carbocycles. The van der Waals surface area contributed by atoms with Crippen LogP contribution in [0.3, 0.4) is 0 Å². The number of esters is 1. The van der Waals surface area contributed by atoms with Gasteiger partial charge in [-0.15, -0.1) is 0 Å². The minimum Gasteiger partial charge on any atom is -0.458 e. The first-order chi connectivity index (χ1) is 15.9. The largest absolute Gasteiger partial charge is 0.458 e. The minimum atomic E-state index is -1.25. The number of carbonyl (C=O) groups is 1. The summed E-state index contributed by atoms with van der Waals surface area (Å²) in [5.41, 5.74) is -2.92. The second kappa shape index (κ2) is 7.05. The lowest BCUT2D eigenvalue weighted by atomic mass is 9.40. The first kappa shape index (κ1) is 23.4. The molecule has 10 atom stereocenters. The topological polar surface area (TPSA) is 126 Å². The second-order valence-electron chi connectivity index (χ2n) is 12.7. The fourth-order valence-corrected chi connectivity index (χ4v) is 9.45. The van der Waals surface area contributed by atoms with Crippen LogP contribution in [0.1, 0.15) is 65.7 Å². The molecule has 4 saturated carbocycles. The Morgan fingerprint density at radius 3 is 2.53 bits per heavy atom. The molecule has 10 unspecified atom stereocenters. The molecule has 1 saturated heterocycles. The molecular formula is C26H38O8. The molecule has 0 amide bonds. The van der Waals surface area contributed by atoms with Crippen LogP contribution in [0.5, 0.6) is 0 Å². The Hall–Kier alpha value is -1.03. The molecule has 6 rings (SSSR count). The highest BCUT2D eigenvalue weighted by Gasteiger charge is 2.76. The van der Waals surface area contributed by atoms with E-state index in [1.54, 1.807) is 6.08 Å². The second-order valence-corrected chi connectivity index (χ2v) is 12.7. The van der Waals surface area contributed by atoms with Gasteiger partial charge in [-0.25, -0.2) is 4.79 Å². The predicted octanol–water partition coefficient (Wildman–Crippen LogP) is 1.43. The van der Waals surface area contributed by atoms with Crippen LogP contribution in [-0.2, 0) is 19.0 Å². The molecule has 4 aliphatic carbocycles. The van der Waals surface area contributed by atoms with Crippen LogP contribution in [0, 0.1) is 28.6 Å². The van der Waals surface area contributed by atoms with Gasteiger partial charge in [0.15, 0.2) is 5.79 Å². The van der Waals surface area contributed by atoms with Crippen LogP contribution >= 0.6 is 0 Å². The summed E-state index contributed by atoms with van der Waals surface area (Å²) in [7, 11) is 0. The Kier molecular flexibility index (Phi) is 4.84. The molecule has 0 bridgehead atoms. The van der Waals surface area contributed by atoms with Crippen LogP contribution in [0.25, 0.3) is 0 Å². The molecule has 8 heteroatoms. The maximum atomic E-state index is 12.4. The zero-order valence-electron chi connectivity index (χ0n) is 20.3. The highest BCUT2D eigenvalue weighted by Crippen LogP contribution is 2.71. The molecule has 0 aromatic rings. The number of cyclic esters (lactones) is 1. The van der Waals surface area contributed by atoms with Crippen molar-refractivity contribution in [2.24, 2.45) is 28.6 Å².